The fourth-order valence-corrected chi connectivity index (χ4v) is 4.63. The molecule has 2 amide bonds. The molecule has 5 nitrogen and oxygen atoms in total. The summed E-state index contributed by atoms with van der Waals surface area (Å²) >= 11 is 0. The van der Waals surface area contributed by atoms with Gasteiger partial charge in [-0.2, -0.15) is 0 Å². The first kappa shape index (κ1) is 21.6. The second-order valence-electron chi connectivity index (χ2n) is 8.88. The number of benzene rings is 2. The molecule has 2 fully saturated rings. The van der Waals surface area contributed by atoms with Gasteiger partial charge in [-0.25, -0.2) is 0 Å². The lowest BCUT2D eigenvalue weighted by atomic mass is 10.0. The largest absolute Gasteiger partial charge is 0.348 e. The Hall–Kier alpha value is -2.66. The minimum Gasteiger partial charge on any atom is -0.348 e. The fourth-order valence-electron chi connectivity index (χ4n) is 4.63. The molecule has 1 unspecified atom stereocenters. The van der Waals surface area contributed by atoms with Gasteiger partial charge in [0.05, 0.1) is 0 Å². The van der Waals surface area contributed by atoms with Crippen LogP contribution in [-0.4, -0.2) is 40.7 Å². The number of amides is 2. The van der Waals surface area contributed by atoms with Crippen LogP contribution in [0.2, 0.25) is 0 Å². The second-order valence-corrected chi connectivity index (χ2v) is 8.88. The first-order valence-corrected chi connectivity index (χ1v) is 11.6. The van der Waals surface area contributed by atoms with Crippen molar-refractivity contribution in [1.29, 1.82) is 0 Å². The molecule has 2 aromatic rings. The number of piperidine rings is 1. The lowest BCUT2D eigenvalue weighted by Crippen LogP contribution is -2.37. The zero-order valence-corrected chi connectivity index (χ0v) is 18.5. The summed E-state index contributed by atoms with van der Waals surface area (Å²) in [5, 5.41) is 3.08. The third-order valence-corrected chi connectivity index (χ3v) is 6.63. The number of nitrogens with one attached hydrogen (secondary N) is 1. The summed E-state index contributed by atoms with van der Waals surface area (Å²) in [6.45, 7) is 6.39. The van der Waals surface area contributed by atoms with E-state index in [1.165, 1.54) is 30.4 Å². The highest BCUT2D eigenvalue weighted by Gasteiger charge is 2.21. The lowest BCUT2D eigenvalue weighted by Gasteiger charge is -2.33. The highest BCUT2D eigenvalue weighted by Crippen LogP contribution is 2.21. The van der Waals surface area contributed by atoms with Crippen LogP contribution in [0.4, 0.5) is 0 Å². The zero-order chi connectivity index (χ0) is 21.6. The summed E-state index contributed by atoms with van der Waals surface area (Å²) in [6, 6.07) is 16.6. The van der Waals surface area contributed by atoms with E-state index in [-0.39, 0.29) is 11.8 Å². The number of hydrogen-bond donors (Lipinski definition) is 1. The standard InChI is InChI=1S/C26H33N3O2/c1-20-7-4-5-15-28(20)19-24-9-3-2-8-23(24)17-27-26(31)22-13-11-21(12-14-22)18-29-16-6-10-25(29)30/h2-3,8-9,11-14,20H,4-7,10,15-19H2,1H3,(H,27,31). The van der Waals surface area contributed by atoms with Gasteiger partial charge in [-0.05, 0) is 61.6 Å². The van der Waals surface area contributed by atoms with Gasteiger partial charge in [0.15, 0.2) is 0 Å². The third kappa shape index (κ3) is 5.53. The molecule has 0 saturated carbocycles. The molecule has 0 bridgehead atoms. The predicted octanol–water partition coefficient (Wildman–Crippen LogP) is 4.11. The molecule has 1 atom stereocenters. The molecule has 2 heterocycles. The van der Waals surface area contributed by atoms with E-state index in [1.807, 2.05) is 35.2 Å². The number of carbonyl (C=O) groups excluding carboxylic acids is 2. The summed E-state index contributed by atoms with van der Waals surface area (Å²) in [6.07, 6.45) is 5.45. The smallest absolute Gasteiger partial charge is 0.251 e. The molecular formula is C26H33N3O2. The molecule has 2 aliphatic rings. The average Bonchev–Trinajstić information content (AvgIpc) is 3.19. The highest BCUT2D eigenvalue weighted by atomic mass is 16.2. The number of rotatable bonds is 7. The van der Waals surface area contributed by atoms with Crippen LogP contribution in [0, 0.1) is 0 Å². The third-order valence-electron chi connectivity index (χ3n) is 6.63. The predicted molar refractivity (Wildman–Crippen MR) is 122 cm³/mol. The molecule has 164 valence electrons. The maximum absolute atomic E-state index is 12.7. The molecule has 0 aromatic heterocycles. The Balaban J connectivity index is 1.34. The van der Waals surface area contributed by atoms with Crippen LogP contribution in [0.3, 0.4) is 0 Å². The Labute approximate surface area is 185 Å². The number of hydrogen-bond acceptors (Lipinski definition) is 3. The molecule has 2 aliphatic heterocycles. The molecule has 1 N–H and O–H groups in total. The molecule has 5 heteroatoms. The molecule has 2 aromatic carbocycles. The van der Waals surface area contributed by atoms with Crippen LogP contribution in [-0.2, 0) is 24.4 Å². The molecule has 0 spiro atoms. The first-order valence-electron chi connectivity index (χ1n) is 11.6. The molecule has 2 saturated heterocycles. The molecule has 4 rings (SSSR count). The maximum Gasteiger partial charge on any atom is 0.251 e. The van der Waals surface area contributed by atoms with E-state index in [1.54, 1.807) is 0 Å². The van der Waals surface area contributed by atoms with Crippen molar-refractivity contribution in [3.63, 3.8) is 0 Å². The topological polar surface area (TPSA) is 52.7 Å². The average molecular weight is 420 g/mol. The highest BCUT2D eigenvalue weighted by molar-refractivity contribution is 5.94. The first-order chi connectivity index (χ1) is 15.1. The number of nitrogens with zero attached hydrogens (tertiary/aromatic N) is 2. The van der Waals surface area contributed by atoms with Crippen LogP contribution in [0.25, 0.3) is 0 Å². The van der Waals surface area contributed by atoms with Crippen molar-refractivity contribution in [2.24, 2.45) is 0 Å². The Kier molecular flexibility index (Phi) is 7.03. The van der Waals surface area contributed by atoms with Crippen LogP contribution in [0.1, 0.15) is 66.1 Å². The van der Waals surface area contributed by atoms with E-state index in [4.69, 9.17) is 0 Å². The van der Waals surface area contributed by atoms with Crippen LogP contribution >= 0.6 is 0 Å². The fraction of sp³-hybridized carbons (Fsp3) is 0.462. The van der Waals surface area contributed by atoms with Crippen molar-refractivity contribution in [1.82, 2.24) is 15.1 Å². The van der Waals surface area contributed by atoms with Gasteiger partial charge in [-0.1, -0.05) is 42.8 Å². The summed E-state index contributed by atoms with van der Waals surface area (Å²) in [4.78, 5) is 28.9. The quantitative estimate of drug-likeness (QED) is 0.735. The Morgan fingerprint density at radius 2 is 1.74 bits per heavy atom. The van der Waals surface area contributed by atoms with Gasteiger partial charge in [0.2, 0.25) is 5.91 Å². The lowest BCUT2D eigenvalue weighted by molar-refractivity contribution is -0.128. The van der Waals surface area contributed by atoms with Crippen molar-refractivity contribution in [3.8, 4) is 0 Å². The summed E-state index contributed by atoms with van der Waals surface area (Å²) in [7, 11) is 0. The van der Waals surface area contributed by atoms with Gasteiger partial charge in [-0.15, -0.1) is 0 Å². The van der Waals surface area contributed by atoms with Crippen molar-refractivity contribution < 1.29 is 9.59 Å². The minimum atomic E-state index is -0.0649. The van der Waals surface area contributed by atoms with E-state index >= 15 is 0 Å². The van der Waals surface area contributed by atoms with Crippen molar-refractivity contribution in [2.45, 2.75) is 64.7 Å². The van der Waals surface area contributed by atoms with Gasteiger partial charge >= 0.3 is 0 Å². The van der Waals surface area contributed by atoms with E-state index in [0.29, 0.717) is 31.1 Å². The SMILES string of the molecule is CC1CCCCN1Cc1ccccc1CNC(=O)c1ccc(CN2CCCC2=O)cc1. The number of carbonyl (C=O) groups is 2. The van der Waals surface area contributed by atoms with E-state index < -0.39 is 0 Å². The molecule has 0 aliphatic carbocycles. The van der Waals surface area contributed by atoms with Gasteiger partial charge in [0, 0.05) is 44.2 Å². The normalized spacial score (nSPS) is 19.6. The Bertz CT molecular complexity index is 909. The van der Waals surface area contributed by atoms with Crippen LogP contribution in [0.15, 0.2) is 48.5 Å². The van der Waals surface area contributed by atoms with Crippen molar-refractivity contribution in [2.75, 3.05) is 13.1 Å². The maximum atomic E-state index is 12.7. The van der Waals surface area contributed by atoms with E-state index in [2.05, 4.69) is 35.3 Å². The molecule has 31 heavy (non-hydrogen) atoms. The Morgan fingerprint density at radius 3 is 2.45 bits per heavy atom. The second kappa shape index (κ2) is 10.1. The van der Waals surface area contributed by atoms with Gasteiger partial charge in [0.25, 0.3) is 5.91 Å². The van der Waals surface area contributed by atoms with Gasteiger partial charge in [0.1, 0.15) is 0 Å². The number of likely N-dealkylation sites (tertiary alicyclic amines) is 2. The monoisotopic (exact) mass is 419 g/mol. The van der Waals surface area contributed by atoms with Gasteiger partial charge < -0.3 is 10.2 Å². The Morgan fingerprint density at radius 1 is 0.968 bits per heavy atom. The van der Waals surface area contributed by atoms with Crippen molar-refractivity contribution >= 4 is 11.8 Å². The molecular weight excluding hydrogens is 386 g/mol. The van der Waals surface area contributed by atoms with E-state index in [9.17, 15) is 9.59 Å². The summed E-state index contributed by atoms with van der Waals surface area (Å²) in [5.74, 6) is 0.157. The van der Waals surface area contributed by atoms with Gasteiger partial charge in [-0.3, -0.25) is 14.5 Å². The van der Waals surface area contributed by atoms with Crippen molar-refractivity contribution in [3.05, 3.63) is 70.8 Å². The molecule has 0 radical (unpaired) electrons. The summed E-state index contributed by atoms with van der Waals surface area (Å²) in [5.41, 5.74) is 4.19. The minimum absolute atomic E-state index is 0.0649. The van der Waals surface area contributed by atoms with Crippen LogP contribution in [0.5, 0.6) is 0 Å². The zero-order valence-electron chi connectivity index (χ0n) is 18.5. The van der Waals surface area contributed by atoms with Crippen LogP contribution < -0.4 is 5.32 Å². The van der Waals surface area contributed by atoms with E-state index in [0.717, 1.165) is 31.6 Å². The summed E-state index contributed by atoms with van der Waals surface area (Å²) < 4.78 is 0.